The number of anilines is 1. The highest BCUT2D eigenvalue weighted by Crippen LogP contribution is 2.34. The lowest BCUT2D eigenvalue weighted by Gasteiger charge is -2.42. The number of benzene rings is 2. The Morgan fingerprint density at radius 3 is 2.06 bits per heavy atom. The van der Waals surface area contributed by atoms with Gasteiger partial charge in [-0.1, -0.05) is 23.7 Å². The first kappa shape index (κ1) is 37.7. The fourth-order valence-corrected chi connectivity index (χ4v) is 7.01. The topological polar surface area (TPSA) is 149 Å². The van der Waals surface area contributed by atoms with E-state index >= 15 is 0 Å². The van der Waals surface area contributed by atoms with E-state index in [-0.39, 0.29) is 36.3 Å². The van der Waals surface area contributed by atoms with E-state index in [2.05, 4.69) is 14.5 Å². The molecule has 4 rings (SSSR count). The van der Waals surface area contributed by atoms with Gasteiger partial charge in [-0.25, -0.2) is 18.0 Å². The van der Waals surface area contributed by atoms with E-state index in [4.69, 9.17) is 17.3 Å². The van der Waals surface area contributed by atoms with Gasteiger partial charge in [0.25, 0.3) is 0 Å². The van der Waals surface area contributed by atoms with E-state index < -0.39 is 75.6 Å². The van der Waals surface area contributed by atoms with Crippen LogP contribution >= 0.6 is 11.6 Å². The number of halogens is 7. The molecule has 2 heterocycles. The summed E-state index contributed by atoms with van der Waals surface area (Å²) in [6.45, 7) is 1.23. The fraction of sp³-hybridized carbons (Fsp3) is 0.400. The summed E-state index contributed by atoms with van der Waals surface area (Å²) in [5.41, 5.74) is 7.10. The maximum atomic E-state index is 14.2. The molecule has 1 amide bonds. The summed E-state index contributed by atoms with van der Waals surface area (Å²) in [5.74, 6) is -15.0. The van der Waals surface area contributed by atoms with Crippen LogP contribution in [0.5, 0.6) is 0 Å². The molecule has 11 nitrogen and oxygen atoms in total. The second-order valence-corrected chi connectivity index (χ2v) is 13.5. The minimum atomic E-state index is -5.96. The van der Waals surface area contributed by atoms with Crippen LogP contribution < -0.4 is 10.6 Å². The number of aryl methyl sites for hydroxylation is 1. The van der Waals surface area contributed by atoms with Crippen LogP contribution in [-0.2, 0) is 33.7 Å². The van der Waals surface area contributed by atoms with E-state index in [9.17, 15) is 49.1 Å². The highest BCUT2D eigenvalue weighted by Gasteiger charge is 2.60. The number of nitrogens with zero attached hydrogens (tertiary/aromatic N) is 3. The Morgan fingerprint density at radius 2 is 1.51 bits per heavy atom. The number of carbonyl (C=O) groups excluding carboxylic acids is 3. The summed E-state index contributed by atoms with van der Waals surface area (Å²) >= 11 is 5.95. The largest absolute Gasteiger partial charge is 0.491 e. The van der Waals surface area contributed by atoms with E-state index in [1.165, 1.54) is 24.3 Å². The number of hydrogen-bond donors (Lipinski definition) is 1. The maximum absolute atomic E-state index is 14.2. The summed E-state index contributed by atoms with van der Waals surface area (Å²) in [5, 5.41) is 0.902. The Balaban J connectivity index is 1.80. The molecule has 0 bridgehead atoms. The normalized spacial score (nSPS) is 14.8. The van der Waals surface area contributed by atoms with Crippen molar-refractivity contribution in [2.75, 3.05) is 36.8 Å². The number of amides is 1. The van der Waals surface area contributed by atoms with E-state index in [0.29, 0.717) is 16.0 Å². The van der Waals surface area contributed by atoms with Gasteiger partial charge >= 0.3 is 36.0 Å². The average Bonchev–Trinajstić information content (AvgIpc) is 3.02. The zero-order valence-corrected chi connectivity index (χ0v) is 27.1. The van der Waals surface area contributed by atoms with Crippen LogP contribution in [0.4, 0.5) is 32.0 Å². The lowest BCUT2D eigenvalue weighted by Crippen LogP contribution is -2.63. The third-order valence-corrected chi connectivity index (χ3v) is 9.57. The molecule has 1 saturated heterocycles. The SMILES string of the molecule is Cc1cc(N2CCC(N(CCN)C(=O)C(CS(=O)(=O)c3ccc4cc(Cl)ccc4c3)(OC(=O)C(F)(F)F)OC(=O)C(F)(F)F)CC2)ccn1. The molecule has 1 aliphatic rings. The Hall–Kier alpha value is -4.16. The van der Waals surface area contributed by atoms with Crippen LogP contribution in [0.3, 0.4) is 0 Å². The molecular formula is C30H29ClF6N4O7S. The predicted molar refractivity (Wildman–Crippen MR) is 163 cm³/mol. The summed E-state index contributed by atoms with van der Waals surface area (Å²) in [4.78, 5) is 44.6. The number of hydrogen-bond acceptors (Lipinski definition) is 10. The molecule has 2 aromatic carbocycles. The van der Waals surface area contributed by atoms with Crippen molar-refractivity contribution in [3.05, 3.63) is 65.4 Å². The van der Waals surface area contributed by atoms with Gasteiger partial charge in [-0.05, 0) is 66.9 Å². The van der Waals surface area contributed by atoms with E-state index in [1.807, 2.05) is 4.90 Å². The van der Waals surface area contributed by atoms with Crippen molar-refractivity contribution in [2.45, 2.75) is 48.8 Å². The van der Waals surface area contributed by atoms with Gasteiger partial charge in [-0.2, -0.15) is 26.3 Å². The highest BCUT2D eigenvalue weighted by atomic mass is 35.5. The average molecular weight is 739 g/mol. The van der Waals surface area contributed by atoms with Gasteiger partial charge in [-0.15, -0.1) is 0 Å². The number of aromatic nitrogens is 1. The summed E-state index contributed by atoms with van der Waals surface area (Å²) in [7, 11) is -5.19. The van der Waals surface area contributed by atoms with Crippen LogP contribution in [0.2, 0.25) is 5.02 Å². The quantitative estimate of drug-likeness (QED) is 0.181. The van der Waals surface area contributed by atoms with E-state index in [0.717, 1.165) is 17.8 Å². The predicted octanol–water partition coefficient (Wildman–Crippen LogP) is 4.33. The maximum Gasteiger partial charge on any atom is 0.491 e. The van der Waals surface area contributed by atoms with Crippen LogP contribution in [0.15, 0.2) is 59.6 Å². The smallest absolute Gasteiger partial charge is 0.405 e. The van der Waals surface area contributed by atoms with Gasteiger partial charge in [0.2, 0.25) is 0 Å². The number of alkyl halides is 6. The van der Waals surface area contributed by atoms with Gasteiger partial charge in [0.05, 0.1) is 4.90 Å². The monoisotopic (exact) mass is 738 g/mol. The molecule has 19 heteroatoms. The molecule has 1 aliphatic heterocycles. The number of ether oxygens (including phenoxy) is 2. The molecule has 0 atom stereocenters. The second-order valence-electron chi connectivity index (χ2n) is 11.1. The van der Waals surface area contributed by atoms with Crippen molar-refractivity contribution < 1.29 is 58.6 Å². The number of carbonyl (C=O) groups is 3. The molecule has 0 radical (unpaired) electrons. The van der Waals surface area contributed by atoms with Crippen LogP contribution in [-0.4, -0.2) is 92.3 Å². The highest BCUT2D eigenvalue weighted by molar-refractivity contribution is 7.91. The Labute approximate surface area is 280 Å². The molecule has 266 valence electrons. The van der Waals surface area contributed by atoms with Crippen molar-refractivity contribution >= 4 is 55.7 Å². The third-order valence-electron chi connectivity index (χ3n) is 7.60. The van der Waals surface area contributed by atoms with Crippen molar-refractivity contribution in [3.8, 4) is 0 Å². The number of nitrogens with two attached hydrogens (primary N) is 1. The lowest BCUT2D eigenvalue weighted by molar-refractivity contribution is -0.264. The number of piperidine rings is 1. The van der Waals surface area contributed by atoms with Crippen LogP contribution in [0.1, 0.15) is 18.5 Å². The molecular weight excluding hydrogens is 710 g/mol. The number of sulfone groups is 1. The Bertz CT molecular complexity index is 1810. The number of fused-ring (bicyclic) bond motifs is 1. The zero-order chi connectivity index (χ0) is 36.4. The minimum Gasteiger partial charge on any atom is -0.405 e. The number of rotatable bonds is 10. The summed E-state index contributed by atoms with van der Waals surface area (Å²) in [6.07, 6.45) is -10.2. The first-order valence-corrected chi connectivity index (χ1v) is 16.5. The molecule has 2 N–H and O–H groups in total. The van der Waals surface area contributed by atoms with Crippen molar-refractivity contribution in [1.29, 1.82) is 0 Å². The van der Waals surface area contributed by atoms with Crippen molar-refractivity contribution in [3.63, 3.8) is 0 Å². The molecule has 1 fully saturated rings. The standard InChI is InChI=1S/C30H29ClF6N4O7S/c1-18-14-23(6-10-39-18)40-11-7-22(8-12-40)41(13-9-38)25(42)28(47-26(43)29(32,33)34,48-27(44)30(35,36)37)17-49(45,46)24-5-3-19-15-21(31)4-2-20(19)16-24/h2-6,10,14-16,22H,7-9,11-13,17,38H2,1H3. The third kappa shape index (κ3) is 8.90. The molecule has 0 spiro atoms. The number of pyridine rings is 1. The second kappa shape index (κ2) is 14.4. The Morgan fingerprint density at radius 1 is 0.939 bits per heavy atom. The van der Waals surface area contributed by atoms with E-state index in [1.54, 1.807) is 25.3 Å². The lowest BCUT2D eigenvalue weighted by atomic mass is 10.0. The number of esters is 2. The minimum absolute atomic E-state index is 0.0591. The summed E-state index contributed by atoms with van der Waals surface area (Å²) < 4.78 is 117. The summed E-state index contributed by atoms with van der Waals surface area (Å²) in [6, 6.07) is 9.89. The van der Waals surface area contributed by atoms with Crippen LogP contribution in [0.25, 0.3) is 10.8 Å². The van der Waals surface area contributed by atoms with Crippen molar-refractivity contribution in [2.24, 2.45) is 5.73 Å². The van der Waals surface area contributed by atoms with Crippen molar-refractivity contribution in [1.82, 2.24) is 9.88 Å². The molecule has 0 unspecified atom stereocenters. The zero-order valence-electron chi connectivity index (χ0n) is 25.6. The van der Waals surface area contributed by atoms with Gasteiger partial charge in [-0.3, -0.25) is 9.78 Å². The molecule has 49 heavy (non-hydrogen) atoms. The fourth-order valence-electron chi connectivity index (χ4n) is 5.34. The van der Waals surface area contributed by atoms with Gasteiger partial charge in [0.15, 0.2) is 9.84 Å². The molecule has 3 aromatic rings. The van der Waals surface area contributed by atoms with Gasteiger partial charge in [0.1, 0.15) is 5.75 Å². The van der Waals surface area contributed by atoms with Gasteiger partial charge in [0, 0.05) is 54.8 Å². The van der Waals surface area contributed by atoms with Crippen LogP contribution in [0, 0.1) is 6.92 Å². The molecule has 1 aromatic heterocycles. The molecule has 0 aliphatic carbocycles. The molecule has 0 saturated carbocycles. The Kier molecular flexibility index (Phi) is 11.0. The first-order valence-electron chi connectivity index (χ1n) is 14.5. The van der Waals surface area contributed by atoms with Gasteiger partial charge < -0.3 is 25.0 Å². The first-order chi connectivity index (χ1) is 22.8.